The summed E-state index contributed by atoms with van der Waals surface area (Å²) in [7, 11) is 0. The highest BCUT2D eigenvalue weighted by Gasteiger charge is 2.65. The zero-order chi connectivity index (χ0) is 20.1. The summed E-state index contributed by atoms with van der Waals surface area (Å²) in [6, 6.07) is -0.954. The molecule has 2 aliphatic carbocycles. The van der Waals surface area contributed by atoms with Crippen LogP contribution >= 0.6 is 12.4 Å². The predicted octanol–water partition coefficient (Wildman–Crippen LogP) is -0.307. The number of aliphatic hydroxyl groups is 1. The van der Waals surface area contributed by atoms with Crippen molar-refractivity contribution in [3.8, 4) is 0 Å². The molecule has 0 aromatic rings. The van der Waals surface area contributed by atoms with E-state index in [-0.39, 0.29) is 60.0 Å². The lowest BCUT2D eigenvalue weighted by Gasteiger charge is -2.30. The van der Waals surface area contributed by atoms with Crippen molar-refractivity contribution >= 4 is 30.1 Å². The van der Waals surface area contributed by atoms with Crippen LogP contribution in [0.25, 0.3) is 0 Å². The summed E-state index contributed by atoms with van der Waals surface area (Å²) in [6.07, 6.45) is 2.32. The second-order valence-corrected chi connectivity index (χ2v) is 9.55. The van der Waals surface area contributed by atoms with Gasteiger partial charge in [0.25, 0.3) is 5.91 Å². The van der Waals surface area contributed by atoms with Crippen LogP contribution in [0.4, 0.5) is 0 Å². The fourth-order valence-corrected chi connectivity index (χ4v) is 5.08. The minimum Gasteiger partial charge on any atom is -0.381 e. The number of nitrogens with one attached hydrogen (secondary N) is 4. The molecule has 2 saturated carbocycles. The molecule has 2 unspecified atom stereocenters. The molecule has 4 fully saturated rings. The zero-order valence-corrected chi connectivity index (χ0v) is 17.9. The van der Waals surface area contributed by atoms with Gasteiger partial charge in [0.05, 0.1) is 12.1 Å². The first-order chi connectivity index (χ1) is 13.3. The molecule has 3 amide bonds. The van der Waals surface area contributed by atoms with Crippen LogP contribution in [0, 0.1) is 23.2 Å². The van der Waals surface area contributed by atoms with Crippen LogP contribution in [0.1, 0.15) is 46.0 Å². The molecule has 4 rings (SSSR count). The minimum absolute atomic E-state index is 0. The number of carbonyl (C=O) groups excluding carboxylic acids is 3. The van der Waals surface area contributed by atoms with E-state index >= 15 is 0 Å². The van der Waals surface area contributed by atoms with Crippen molar-refractivity contribution in [3.05, 3.63) is 0 Å². The van der Waals surface area contributed by atoms with Gasteiger partial charge < -0.3 is 26.4 Å². The van der Waals surface area contributed by atoms with Crippen LogP contribution in [0.3, 0.4) is 0 Å². The Bertz CT molecular complexity index is 669. The van der Waals surface area contributed by atoms with Crippen molar-refractivity contribution in [1.82, 2.24) is 21.3 Å². The van der Waals surface area contributed by atoms with Gasteiger partial charge in [-0.25, -0.2) is 0 Å². The summed E-state index contributed by atoms with van der Waals surface area (Å²) in [5, 5.41) is 22.5. The second kappa shape index (κ2) is 8.40. The number of rotatable bonds is 7. The molecule has 5 N–H and O–H groups in total. The molecule has 164 valence electrons. The van der Waals surface area contributed by atoms with Gasteiger partial charge in [-0.1, -0.05) is 13.8 Å². The summed E-state index contributed by atoms with van der Waals surface area (Å²) in [6.45, 7) is 5.81. The van der Waals surface area contributed by atoms with Gasteiger partial charge in [-0.15, -0.1) is 12.4 Å². The molecule has 6 atom stereocenters. The standard InChI is InChI=1S/C20H32N4O4.ClH/c1-20(2)12-9-22-15(14(12)20)18(27)24-13(8-10-4-3-7-21-17(10)26)16(25)19(28)23-11-5-6-11;/h10-16,22,25H,3-9H2,1-2H3,(H,21,26)(H,23,28)(H,24,27);1H/t10-,12-,13?,14-,15-,16?;/m0./s1. The first kappa shape index (κ1) is 22.3. The molecule has 2 saturated heterocycles. The third-order valence-electron chi connectivity index (χ3n) is 7.18. The van der Waals surface area contributed by atoms with Gasteiger partial charge in [0.15, 0.2) is 6.10 Å². The van der Waals surface area contributed by atoms with E-state index in [2.05, 4.69) is 35.1 Å². The Hall–Kier alpha value is -1.38. The molecular formula is C20H33ClN4O4. The molecule has 2 heterocycles. The maximum Gasteiger partial charge on any atom is 0.251 e. The van der Waals surface area contributed by atoms with E-state index in [1.165, 1.54) is 0 Å². The van der Waals surface area contributed by atoms with Crippen LogP contribution in [0.15, 0.2) is 0 Å². The van der Waals surface area contributed by atoms with Gasteiger partial charge in [0.1, 0.15) is 0 Å². The quantitative estimate of drug-likeness (QED) is 0.381. The highest BCUT2D eigenvalue weighted by molar-refractivity contribution is 5.87. The van der Waals surface area contributed by atoms with Gasteiger partial charge in [-0.3, -0.25) is 14.4 Å². The number of piperidine rings is 2. The second-order valence-electron chi connectivity index (χ2n) is 9.55. The van der Waals surface area contributed by atoms with Gasteiger partial charge in [0, 0.05) is 18.5 Å². The van der Waals surface area contributed by atoms with E-state index in [0.717, 1.165) is 25.8 Å². The van der Waals surface area contributed by atoms with E-state index in [9.17, 15) is 19.5 Å². The van der Waals surface area contributed by atoms with Crippen LogP contribution in [0.5, 0.6) is 0 Å². The maximum atomic E-state index is 12.9. The fraction of sp³-hybridized carbons (Fsp3) is 0.850. The number of halogens is 1. The third kappa shape index (κ3) is 4.54. The van der Waals surface area contributed by atoms with Gasteiger partial charge in [-0.2, -0.15) is 0 Å². The average Bonchev–Trinajstić information content (AvgIpc) is 3.48. The monoisotopic (exact) mass is 428 g/mol. The summed E-state index contributed by atoms with van der Waals surface area (Å²) >= 11 is 0. The lowest BCUT2D eigenvalue weighted by atomic mass is 9.89. The fourth-order valence-electron chi connectivity index (χ4n) is 5.08. The normalized spacial score (nSPS) is 34.1. The van der Waals surface area contributed by atoms with Gasteiger partial charge in [0.2, 0.25) is 11.8 Å². The third-order valence-corrected chi connectivity index (χ3v) is 7.18. The molecule has 4 aliphatic rings. The Labute approximate surface area is 177 Å². The summed E-state index contributed by atoms with van der Waals surface area (Å²) in [5.41, 5.74) is 0.147. The zero-order valence-electron chi connectivity index (χ0n) is 17.1. The van der Waals surface area contributed by atoms with E-state index < -0.39 is 18.1 Å². The molecule has 0 bridgehead atoms. The van der Waals surface area contributed by atoms with Crippen molar-refractivity contribution in [2.45, 2.75) is 70.2 Å². The molecule has 29 heavy (non-hydrogen) atoms. The lowest BCUT2D eigenvalue weighted by molar-refractivity contribution is -0.135. The number of amides is 3. The Morgan fingerprint density at radius 1 is 1.28 bits per heavy atom. The summed E-state index contributed by atoms with van der Waals surface area (Å²) in [4.78, 5) is 37.5. The van der Waals surface area contributed by atoms with Crippen LogP contribution in [-0.2, 0) is 14.4 Å². The van der Waals surface area contributed by atoms with Gasteiger partial charge in [-0.05, 0) is 55.9 Å². The topological polar surface area (TPSA) is 120 Å². The molecule has 0 aromatic carbocycles. The van der Waals surface area contributed by atoms with E-state index in [1.54, 1.807) is 0 Å². The number of carbonyl (C=O) groups is 3. The van der Waals surface area contributed by atoms with Crippen molar-refractivity contribution < 1.29 is 19.5 Å². The maximum absolute atomic E-state index is 12.9. The molecule has 2 aliphatic heterocycles. The summed E-state index contributed by atoms with van der Waals surface area (Å²) < 4.78 is 0. The molecule has 8 nitrogen and oxygen atoms in total. The number of fused-ring (bicyclic) bond motifs is 1. The Balaban J connectivity index is 0.00000240. The Morgan fingerprint density at radius 3 is 2.59 bits per heavy atom. The molecule has 9 heteroatoms. The van der Waals surface area contributed by atoms with Crippen molar-refractivity contribution in [1.29, 1.82) is 0 Å². The Kier molecular flexibility index (Phi) is 6.46. The smallest absolute Gasteiger partial charge is 0.251 e. The SMILES string of the molecule is CC1(C)[C@@H]2[C@@H](C(=O)NC(C[C@@H]3CCCNC3=O)C(O)C(=O)NC3CC3)NC[C@@H]21.Cl. The van der Waals surface area contributed by atoms with Crippen molar-refractivity contribution in [2.75, 3.05) is 13.1 Å². The molecule has 0 spiro atoms. The van der Waals surface area contributed by atoms with Crippen molar-refractivity contribution in [2.24, 2.45) is 23.2 Å². The highest BCUT2D eigenvalue weighted by Crippen LogP contribution is 2.62. The highest BCUT2D eigenvalue weighted by atomic mass is 35.5. The number of hydrogen-bond donors (Lipinski definition) is 5. The first-order valence-corrected chi connectivity index (χ1v) is 10.6. The molecule has 0 aromatic heterocycles. The predicted molar refractivity (Wildman–Crippen MR) is 109 cm³/mol. The first-order valence-electron chi connectivity index (χ1n) is 10.6. The minimum atomic E-state index is -1.36. The van der Waals surface area contributed by atoms with Crippen LogP contribution in [0.2, 0.25) is 0 Å². The average molecular weight is 429 g/mol. The van der Waals surface area contributed by atoms with Gasteiger partial charge >= 0.3 is 0 Å². The largest absolute Gasteiger partial charge is 0.381 e. The van der Waals surface area contributed by atoms with Crippen LogP contribution < -0.4 is 21.3 Å². The van der Waals surface area contributed by atoms with Crippen LogP contribution in [-0.4, -0.2) is 60.1 Å². The van der Waals surface area contributed by atoms with E-state index in [1.807, 2.05) is 0 Å². The Morgan fingerprint density at radius 2 is 2.00 bits per heavy atom. The van der Waals surface area contributed by atoms with E-state index in [4.69, 9.17) is 0 Å². The molecule has 0 radical (unpaired) electrons. The van der Waals surface area contributed by atoms with Crippen molar-refractivity contribution in [3.63, 3.8) is 0 Å². The lowest BCUT2D eigenvalue weighted by Crippen LogP contribution is -2.56. The summed E-state index contributed by atoms with van der Waals surface area (Å²) in [5.74, 6) is -0.241. The number of hydrogen-bond acceptors (Lipinski definition) is 5. The molecular weight excluding hydrogens is 396 g/mol. The van der Waals surface area contributed by atoms with E-state index in [0.29, 0.717) is 18.9 Å². The number of aliphatic hydroxyl groups excluding tert-OH is 1.